The van der Waals surface area contributed by atoms with Gasteiger partial charge >= 0.3 is 11.8 Å². The van der Waals surface area contributed by atoms with E-state index >= 15 is 0 Å². The van der Waals surface area contributed by atoms with Gasteiger partial charge in [-0.3, -0.25) is 9.36 Å². The smallest absolute Gasteiger partial charge is 0.404 e. The first-order chi connectivity index (χ1) is 18.3. The van der Waals surface area contributed by atoms with E-state index in [9.17, 15) is 18.8 Å². The van der Waals surface area contributed by atoms with Crippen molar-refractivity contribution in [1.29, 1.82) is 0 Å². The summed E-state index contributed by atoms with van der Waals surface area (Å²) in [5, 5.41) is 15.6. The summed E-state index contributed by atoms with van der Waals surface area (Å²) in [6.45, 7) is 4.38. The van der Waals surface area contributed by atoms with Crippen molar-refractivity contribution in [2.24, 2.45) is 0 Å². The van der Waals surface area contributed by atoms with Crippen LogP contribution in [-0.2, 0) is 6.54 Å². The van der Waals surface area contributed by atoms with Gasteiger partial charge in [-0.1, -0.05) is 37.3 Å². The summed E-state index contributed by atoms with van der Waals surface area (Å²) in [5.74, 6) is -0.792. The highest BCUT2D eigenvalue weighted by molar-refractivity contribution is 5.94. The van der Waals surface area contributed by atoms with Crippen LogP contribution in [-0.4, -0.2) is 49.3 Å². The number of nitrogens with zero attached hydrogens (tertiary/aromatic N) is 4. The first-order valence-electron chi connectivity index (χ1n) is 12.5. The molecule has 0 radical (unpaired) electrons. The highest BCUT2D eigenvalue weighted by atomic mass is 19.1. The molecular formula is C28H30FN5O4. The monoisotopic (exact) mass is 519 g/mol. The number of carboxylic acid groups (broad SMARTS) is 1. The zero-order valence-corrected chi connectivity index (χ0v) is 21.3. The number of aryl methyl sites for hydroxylation is 1. The Balaban J connectivity index is 1.82. The van der Waals surface area contributed by atoms with Crippen LogP contribution in [0.15, 0.2) is 71.5 Å². The summed E-state index contributed by atoms with van der Waals surface area (Å²) in [6, 6.07) is 18.0. The Labute approximate surface area is 219 Å². The summed E-state index contributed by atoms with van der Waals surface area (Å²) in [6.07, 6.45) is -0.310. The fourth-order valence-electron chi connectivity index (χ4n) is 4.62. The first kappa shape index (κ1) is 26.6. The Morgan fingerprint density at radius 3 is 2.47 bits per heavy atom. The van der Waals surface area contributed by atoms with Gasteiger partial charge < -0.3 is 15.3 Å². The molecule has 9 nitrogen and oxygen atoms in total. The highest BCUT2D eigenvalue weighted by Gasteiger charge is 2.28. The van der Waals surface area contributed by atoms with Crippen LogP contribution >= 0.6 is 0 Å². The molecule has 0 aliphatic carbocycles. The zero-order chi connectivity index (χ0) is 27.2. The molecule has 0 saturated heterocycles. The van der Waals surface area contributed by atoms with Crippen LogP contribution < -0.4 is 11.0 Å². The first-order valence-corrected chi connectivity index (χ1v) is 12.5. The molecule has 0 aliphatic heterocycles. The molecule has 2 aromatic heterocycles. The lowest BCUT2D eigenvalue weighted by Gasteiger charge is -2.33. The maximum atomic E-state index is 13.7. The number of benzene rings is 2. The minimum Gasteiger partial charge on any atom is -0.465 e. The van der Waals surface area contributed by atoms with Crippen molar-refractivity contribution in [3.05, 3.63) is 106 Å². The summed E-state index contributed by atoms with van der Waals surface area (Å²) in [4.78, 5) is 40.0. The fraction of sp³-hybridized carbons (Fsp3) is 0.286. The summed E-state index contributed by atoms with van der Waals surface area (Å²) >= 11 is 0. The molecule has 0 spiro atoms. The van der Waals surface area contributed by atoms with Gasteiger partial charge in [0.15, 0.2) is 0 Å². The molecule has 0 bridgehead atoms. The number of carbonyl (C=O) groups excluding carboxylic acids is 1. The summed E-state index contributed by atoms with van der Waals surface area (Å²) in [5.41, 5.74) is 2.83. The van der Waals surface area contributed by atoms with E-state index < -0.39 is 18.0 Å². The molecule has 198 valence electrons. The van der Waals surface area contributed by atoms with Gasteiger partial charge in [0, 0.05) is 24.3 Å². The SMILES string of the molecule is CCC(c1cc2cc(C)nn2c(=O)n1Cc1ccccc1)N(CCCNC(=O)O)C(=O)c1ccc(F)cc1. The topological polar surface area (TPSA) is 109 Å². The van der Waals surface area contributed by atoms with Crippen LogP contribution in [0.2, 0.25) is 0 Å². The van der Waals surface area contributed by atoms with Crippen LogP contribution in [0.3, 0.4) is 0 Å². The normalized spacial score (nSPS) is 11.9. The molecule has 1 atom stereocenters. The van der Waals surface area contributed by atoms with E-state index in [4.69, 9.17) is 5.11 Å². The lowest BCUT2D eigenvalue weighted by molar-refractivity contribution is 0.0659. The average molecular weight is 520 g/mol. The predicted octanol–water partition coefficient (Wildman–Crippen LogP) is 4.24. The van der Waals surface area contributed by atoms with Crippen molar-refractivity contribution in [3.63, 3.8) is 0 Å². The van der Waals surface area contributed by atoms with E-state index in [0.29, 0.717) is 35.3 Å². The zero-order valence-electron chi connectivity index (χ0n) is 21.3. The molecule has 2 amide bonds. The molecule has 0 fully saturated rings. The number of rotatable bonds is 10. The van der Waals surface area contributed by atoms with Crippen LogP contribution in [0, 0.1) is 12.7 Å². The third-order valence-corrected chi connectivity index (χ3v) is 6.37. The second kappa shape index (κ2) is 11.7. The van der Waals surface area contributed by atoms with Crippen molar-refractivity contribution in [1.82, 2.24) is 24.4 Å². The molecule has 2 N–H and O–H groups in total. The minimum absolute atomic E-state index is 0.149. The van der Waals surface area contributed by atoms with Gasteiger partial charge in [0.1, 0.15) is 5.82 Å². The number of hydrogen-bond acceptors (Lipinski definition) is 4. The second-order valence-electron chi connectivity index (χ2n) is 9.06. The predicted molar refractivity (Wildman–Crippen MR) is 141 cm³/mol. The van der Waals surface area contributed by atoms with Gasteiger partial charge in [0.2, 0.25) is 0 Å². The lowest BCUT2D eigenvalue weighted by Crippen LogP contribution is -2.40. The third kappa shape index (κ3) is 5.91. The van der Waals surface area contributed by atoms with E-state index in [1.165, 1.54) is 28.8 Å². The van der Waals surface area contributed by atoms with Crippen LogP contribution in [0.4, 0.5) is 9.18 Å². The quantitative estimate of drug-likeness (QED) is 0.305. The van der Waals surface area contributed by atoms with Gasteiger partial charge in [0.25, 0.3) is 5.91 Å². The van der Waals surface area contributed by atoms with E-state index in [1.807, 2.05) is 56.3 Å². The van der Waals surface area contributed by atoms with Crippen molar-refractivity contribution < 1.29 is 19.1 Å². The van der Waals surface area contributed by atoms with E-state index in [0.717, 1.165) is 5.56 Å². The number of amides is 2. The minimum atomic E-state index is -1.15. The van der Waals surface area contributed by atoms with Crippen LogP contribution in [0.5, 0.6) is 0 Å². The second-order valence-corrected chi connectivity index (χ2v) is 9.06. The number of aromatic nitrogens is 3. The molecule has 0 saturated carbocycles. The van der Waals surface area contributed by atoms with Gasteiger partial charge in [-0.05, 0) is 61.7 Å². The largest absolute Gasteiger partial charge is 0.465 e. The Kier molecular flexibility index (Phi) is 8.20. The fourth-order valence-corrected chi connectivity index (χ4v) is 4.62. The Hall–Kier alpha value is -4.47. The van der Waals surface area contributed by atoms with Crippen molar-refractivity contribution in [2.75, 3.05) is 13.1 Å². The number of hydrogen-bond donors (Lipinski definition) is 2. The van der Waals surface area contributed by atoms with Crippen molar-refractivity contribution in [2.45, 2.75) is 39.3 Å². The van der Waals surface area contributed by atoms with Crippen molar-refractivity contribution in [3.8, 4) is 0 Å². The molecule has 1 unspecified atom stereocenters. The molecular weight excluding hydrogens is 489 g/mol. The standard InChI is InChI=1S/C28H30FN5O4/c1-3-24(32(15-7-14-30-27(36)37)26(35)21-10-12-22(29)13-11-21)25-17-23-16-19(2)31-34(23)28(38)33(25)18-20-8-5-4-6-9-20/h4-6,8-13,16-17,24,30H,3,7,14-15,18H2,1-2H3,(H,36,37). The number of carbonyl (C=O) groups is 2. The number of nitrogens with one attached hydrogen (secondary N) is 1. The molecule has 0 aliphatic rings. The molecule has 2 heterocycles. The van der Waals surface area contributed by atoms with Gasteiger partial charge in [-0.2, -0.15) is 9.61 Å². The molecule has 4 aromatic rings. The van der Waals surface area contributed by atoms with Gasteiger partial charge in [-0.15, -0.1) is 0 Å². The van der Waals surface area contributed by atoms with E-state index in [1.54, 1.807) is 9.47 Å². The number of halogens is 1. The summed E-state index contributed by atoms with van der Waals surface area (Å²) < 4.78 is 16.6. The van der Waals surface area contributed by atoms with Crippen LogP contribution in [0.1, 0.15) is 53.1 Å². The van der Waals surface area contributed by atoms with Gasteiger partial charge in [0.05, 0.1) is 23.8 Å². The van der Waals surface area contributed by atoms with Crippen molar-refractivity contribution >= 4 is 17.5 Å². The Bertz CT molecular complexity index is 1480. The molecule has 4 rings (SSSR count). The Morgan fingerprint density at radius 2 is 1.82 bits per heavy atom. The molecule has 38 heavy (non-hydrogen) atoms. The summed E-state index contributed by atoms with van der Waals surface area (Å²) in [7, 11) is 0. The number of fused-ring (bicyclic) bond motifs is 1. The van der Waals surface area contributed by atoms with Crippen LogP contribution in [0.25, 0.3) is 5.52 Å². The maximum absolute atomic E-state index is 13.7. The lowest BCUT2D eigenvalue weighted by atomic mass is 10.0. The molecule has 10 heteroatoms. The van der Waals surface area contributed by atoms with E-state index in [-0.39, 0.29) is 31.2 Å². The Morgan fingerprint density at radius 1 is 1.11 bits per heavy atom. The maximum Gasteiger partial charge on any atom is 0.404 e. The highest BCUT2D eigenvalue weighted by Crippen LogP contribution is 2.28. The van der Waals surface area contributed by atoms with E-state index in [2.05, 4.69) is 10.4 Å². The van der Waals surface area contributed by atoms with Gasteiger partial charge in [-0.25, -0.2) is 14.0 Å². The average Bonchev–Trinajstić information content (AvgIpc) is 3.29. The molecule has 2 aromatic carbocycles. The third-order valence-electron chi connectivity index (χ3n) is 6.37.